The molecule has 0 radical (unpaired) electrons. The van der Waals surface area contributed by atoms with E-state index in [0.717, 1.165) is 12.1 Å². The molecule has 8 heteroatoms. The highest BCUT2D eigenvalue weighted by Crippen LogP contribution is 2.31. The number of nitrogens with two attached hydrogens (primary N) is 1. The van der Waals surface area contributed by atoms with E-state index in [9.17, 15) is 13.2 Å². The molecule has 0 atom stereocenters. The molecule has 20 heavy (non-hydrogen) atoms. The minimum Gasteiger partial charge on any atom is -0.497 e. The molecule has 1 heterocycles. The molecule has 0 amide bonds. The van der Waals surface area contributed by atoms with Crippen molar-refractivity contribution in [3.63, 3.8) is 0 Å². The minimum absolute atomic E-state index is 0.0991. The van der Waals surface area contributed by atoms with Crippen LogP contribution < -0.4 is 15.2 Å². The summed E-state index contributed by atoms with van der Waals surface area (Å²) in [6, 6.07) is 6.51. The zero-order valence-electron chi connectivity index (χ0n) is 10.3. The molecule has 106 valence electrons. The van der Waals surface area contributed by atoms with E-state index >= 15 is 0 Å². The summed E-state index contributed by atoms with van der Waals surface area (Å²) < 4.78 is 47.3. The van der Waals surface area contributed by atoms with E-state index in [0.29, 0.717) is 11.4 Å². The minimum atomic E-state index is -4.54. The van der Waals surface area contributed by atoms with E-state index < -0.39 is 11.9 Å². The fraction of sp³-hybridized carbons (Fsp3) is 0.167. The monoisotopic (exact) mass is 285 g/mol. The Bertz CT molecular complexity index is 600. The molecule has 2 aromatic rings. The number of aromatic nitrogens is 2. The van der Waals surface area contributed by atoms with Crippen molar-refractivity contribution in [3.05, 3.63) is 36.0 Å². The molecule has 0 aliphatic carbocycles. The van der Waals surface area contributed by atoms with Gasteiger partial charge in [0.1, 0.15) is 5.75 Å². The normalized spacial score (nSPS) is 11.2. The van der Waals surface area contributed by atoms with Gasteiger partial charge in [-0.25, -0.2) is 0 Å². The van der Waals surface area contributed by atoms with Crippen LogP contribution in [-0.4, -0.2) is 17.3 Å². The van der Waals surface area contributed by atoms with Gasteiger partial charge in [0.05, 0.1) is 12.8 Å². The Kier molecular flexibility index (Phi) is 3.64. The third kappa shape index (κ3) is 3.08. The van der Waals surface area contributed by atoms with Crippen molar-refractivity contribution in [2.45, 2.75) is 6.18 Å². The molecular weight excluding hydrogens is 275 g/mol. The van der Waals surface area contributed by atoms with Gasteiger partial charge < -0.3 is 15.2 Å². The van der Waals surface area contributed by atoms with Crippen molar-refractivity contribution >= 4 is 5.69 Å². The highest BCUT2D eigenvalue weighted by molar-refractivity contribution is 5.56. The molecule has 0 saturated heterocycles. The first-order valence-electron chi connectivity index (χ1n) is 5.42. The molecular formula is C12H10F3N3O2. The van der Waals surface area contributed by atoms with Crippen LogP contribution >= 0.6 is 0 Å². The highest BCUT2D eigenvalue weighted by Gasteiger charge is 2.33. The van der Waals surface area contributed by atoms with Crippen LogP contribution in [0.15, 0.2) is 30.3 Å². The van der Waals surface area contributed by atoms with Crippen LogP contribution in [0.4, 0.5) is 18.9 Å². The predicted octanol–water partition coefficient (Wildman–Crippen LogP) is 2.88. The van der Waals surface area contributed by atoms with E-state index in [4.69, 9.17) is 15.2 Å². The largest absolute Gasteiger partial charge is 0.497 e. The maximum Gasteiger partial charge on any atom is 0.435 e. The first kappa shape index (κ1) is 13.9. The van der Waals surface area contributed by atoms with Gasteiger partial charge in [-0.05, 0) is 18.2 Å². The molecule has 1 aromatic heterocycles. The van der Waals surface area contributed by atoms with Crippen molar-refractivity contribution in [3.8, 4) is 17.4 Å². The topological polar surface area (TPSA) is 70.3 Å². The summed E-state index contributed by atoms with van der Waals surface area (Å²) in [4.78, 5) is 0. The molecule has 5 nitrogen and oxygen atoms in total. The van der Waals surface area contributed by atoms with Gasteiger partial charge >= 0.3 is 6.18 Å². The van der Waals surface area contributed by atoms with Crippen molar-refractivity contribution in [2.24, 2.45) is 0 Å². The van der Waals surface area contributed by atoms with Crippen LogP contribution in [0.5, 0.6) is 17.4 Å². The lowest BCUT2D eigenvalue weighted by Gasteiger charge is -2.09. The lowest BCUT2D eigenvalue weighted by molar-refractivity contribution is -0.141. The van der Waals surface area contributed by atoms with Crippen LogP contribution in [0.1, 0.15) is 5.69 Å². The molecule has 1 aromatic carbocycles. The average Bonchev–Trinajstić information content (AvgIpc) is 2.41. The summed E-state index contributed by atoms with van der Waals surface area (Å²) in [6.45, 7) is 0. The third-order valence-corrected chi connectivity index (χ3v) is 2.37. The van der Waals surface area contributed by atoms with Gasteiger partial charge in [-0.3, -0.25) is 0 Å². The van der Waals surface area contributed by atoms with Gasteiger partial charge in [0, 0.05) is 12.1 Å². The second-order valence-electron chi connectivity index (χ2n) is 3.76. The predicted molar refractivity (Wildman–Crippen MR) is 64.5 cm³/mol. The van der Waals surface area contributed by atoms with E-state index in [-0.39, 0.29) is 11.6 Å². The Morgan fingerprint density at radius 3 is 2.40 bits per heavy atom. The molecule has 0 spiro atoms. The summed E-state index contributed by atoms with van der Waals surface area (Å²) in [5, 5.41) is 6.39. The number of methoxy groups -OCH3 is 1. The maximum atomic E-state index is 12.3. The number of nitrogen functional groups attached to an aromatic ring is 1. The van der Waals surface area contributed by atoms with Crippen LogP contribution in [0.3, 0.4) is 0 Å². The summed E-state index contributed by atoms with van der Waals surface area (Å²) in [6.07, 6.45) is -4.54. The van der Waals surface area contributed by atoms with Crippen LogP contribution in [0, 0.1) is 0 Å². The summed E-state index contributed by atoms with van der Waals surface area (Å²) >= 11 is 0. The number of hydrogen-bond acceptors (Lipinski definition) is 5. The van der Waals surface area contributed by atoms with E-state index in [1.807, 2.05) is 0 Å². The average molecular weight is 285 g/mol. The first-order chi connectivity index (χ1) is 9.40. The van der Waals surface area contributed by atoms with Gasteiger partial charge in [-0.15, -0.1) is 10.2 Å². The van der Waals surface area contributed by atoms with Gasteiger partial charge in [0.25, 0.3) is 0 Å². The Balaban J connectivity index is 2.22. The number of nitrogens with zero attached hydrogens (tertiary/aromatic N) is 2. The Hall–Kier alpha value is -2.51. The Morgan fingerprint density at radius 1 is 1.10 bits per heavy atom. The third-order valence-electron chi connectivity index (χ3n) is 2.37. The van der Waals surface area contributed by atoms with Gasteiger partial charge in [-0.2, -0.15) is 13.2 Å². The molecule has 0 fully saturated rings. The van der Waals surface area contributed by atoms with E-state index in [2.05, 4.69) is 10.2 Å². The molecule has 2 rings (SSSR count). The fourth-order valence-corrected chi connectivity index (χ4v) is 1.37. The number of alkyl halides is 3. The van der Waals surface area contributed by atoms with Gasteiger partial charge in [0.2, 0.25) is 5.88 Å². The second-order valence-corrected chi connectivity index (χ2v) is 3.76. The van der Waals surface area contributed by atoms with Crippen LogP contribution in [0.25, 0.3) is 0 Å². The van der Waals surface area contributed by atoms with Crippen molar-refractivity contribution in [2.75, 3.05) is 12.8 Å². The van der Waals surface area contributed by atoms with Gasteiger partial charge in [-0.1, -0.05) is 0 Å². The quantitative estimate of drug-likeness (QED) is 0.878. The second kappa shape index (κ2) is 5.24. The number of ether oxygens (including phenoxy) is 2. The summed E-state index contributed by atoms with van der Waals surface area (Å²) in [5.41, 5.74) is 4.89. The molecule has 0 unspecified atom stereocenters. The maximum absolute atomic E-state index is 12.3. The number of halogens is 3. The summed E-state index contributed by atoms with van der Waals surface area (Å²) in [5.74, 6) is 0.616. The molecule has 0 bridgehead atoms. The van der Waals surface area contributed by atoms with Crippen LogP contribution in [0.2, 0.25) is 0 Å². The van der Waals surface area contributed by atoms with Crippen LogP contribution in [-0.2, 0) is 6.18 Å². The molecule has 0 aliphatic rings. The van der Waals surface area contributed by atoms with Gasteiger partial charge in [0.15, 0.2) is 11.4 Å². The fourth-order valence-electron chi connectivity index (χ4n) is 1.37. The standard InChI is InChI=1S/C12H10F3N3O2/c1-19-7-2-3-8(16)9(6-7)20-11-5-4-10(17-18-11)12(13,14)15/h2-6H,16H2,1H3. The van der Waals surface area contributed by atoms with E-state index in [1.165, 1.54) is 13.2 Å². The highest BCUT2D eigenvalue weighted by atomic mass is 19.4. The number of rotatable bonds is 3. The zero-order chi connectivity index (χ0) is 14.8. The number of benzene rings is 1. The smallest absolute Gasteiger partial charge is 0.435 e. The molecule has 2 N–H and O–H groups in total. The number of anilines is 1. The lowest BCUT2D eigenvalue weighted by Crippen LogP contribution is -2.09. The lowest BCUT2D eigenvalue weighted by atomic mass is 10.3. The first-order valence-corrected chi connectivity index (χ1v) is 5.42. The Labute approximate surface area is 112 Å². The molecule has 0 saturated carbocycles. The number of hydrogen-bond donors (Lipinski definition) is 1. The summed E-state index contributed by atoms with van der Waals surface area (Å²) in [7, 11) is 1.47. The van der Waals surface area contributed by atoms with Crippen molar-refractivity contribution < 1.29 is 22.6 Å². The SMILES string of the molecule is COc1ccc(N)c(Oc2ccc(C(F)(F)F)nn2)c1. The van der Waals surface area contributed by atoms with Crippen molar-refractivity contribution in [1.82, 2.24) is 10.2 Å². The zero-order valence-corrected chi connectivity index (χ0v) is 10.3. The van der Waals surface area contributed by atoms with E-state index in [1.54, 1.807) is 12.1 Å². The van der Waals surface area contributed by atoms with Crippen molar-refractivity contribution in [1.29, 1.82) is 0 Å². The molecule has 0 aliphatic heterocycles. The Morgan fingerprint density at radius 2 is 1.85 bits per heavy atom.